The maximum Gasteiger partial charge on any atom is 0.472 e. The number of hydrogen-bond acceptors (Lipinski definition) is 5. The van der Waals surface area contributed by atoms with Gasteiger partial charge in [0.2, 0.25) is 5.91 Å². The summed E-state index contributed by atoms with van der Waals surface area (Å²) in [5, 5.41) is 13.9. The molecule has 0 aliphatic carbocycles. The van der Waals surface area contributed by atoms with Crippen LogP contribution in [0.25, 0.3) is 0 Å². The lowest BCUT2D eigenvalue weighted by atomic mass is 10.0. The third-order valence-corrected chi connectivity index (χ3v) is 14.7. The minimum absolute atomic E-state index is 0.0587. The van der Waals surface area contributed by atoms with Crippen LogP contribution in [-0.4, -0.2) is 73.4 Å². The molecule has 1 amide bonds. The Morgan fingerprint density at radius 3 is 1.18 bits per heavy atom. The number of carbonyl (C=O) groups excluding carboxylic acids is 1. The Labute approximate surface area is 424 Å². The number of aliphatic hydroxyl groups excluding tert-OH is 1. The molecule has 0 aromatic carbocycles. The van der Waals surface area contributed by atoms with Crippen molar-refractivity contribution in [2.45, 2.75) is 309 Å². The van der Waals surface area contributed by atoms with Crippen molar-refractivity contribution in [2.75, 3.05) is 40.9 Å². The Morgan fingerprint density at radius 2 is 0.809 bits per heavy atom. The number of nitrogens with one attached hydrogen (secondary N) is 1. The van der Waals surface area contributed by atoms with Crippen molar-refractivity contribution >= 4 is 13.7 Å². The van der Waals surface area contributed by atoms with Crippen molar-refractivity contribution < 1.29 is 32.9 Å². The predicted octanol–water partition coefficient (Wildman–Crippen LogP) is 18.0. The lowest BCUT2D eigenvalue weighted by Crippen LogP contribution is -2.45. The van der Waals surface area contributed by atoms with Crippen LogP contribution >= 0.6 is 7.82 Å². The number of rotatable bonds is 55. The number of allylic oxidation sites excluding steroid dienone is 3. The van der Waals surface area contributed by atoms with Crippen molar-refractivity contribution in [3.63, 3.8) is 0 Å². The monoisotopic (exact) mass is 982 g/mol. The van der Waals surface area contributed by atoms with Gasteiger partial charge in [-0.25, -0.2) is 4.57 Å². The Kier molecular flexibility index (Phi) is 50.1. The second kappa shape index (κ2) is 50.9. The molecule has 9 heteroatoms. The first-order valence-corrected chi connectivity index (χ1v) is 31.2. The number of carbonyl (C=O) groups is 1. The standard InChI is InChI=1S/C59H117N2O6P/c1-6-8-10-12-14-16-18-20-22-24-25-26-27-28-29-30-31-32-33-34-35-36-37-39-41-43-45-47-49-51-53-59(63)60-57(56-67-68(64,65)66-55-54-61(3,4)5)58(62)52-50-48-46-44-42-40-38-23-21-19-17-15-13-11-9-7-2/h42,44,50,52,57-58,62H,6-41,43,45-49,51,53-56H2,1-5H3,(H-,60,63,64,65)/p+1/b44-42+,52-50+. The van der Waals surface area contributed by atoms with Crippen molar-refractivity contribution in [1.29, 1.82) is 0 Å². The zero-order chi connectivity index (χ0) is 49.9. The molecule has 0 aromatic heterocycles. The maximum atomic E-state index is 13.0. The number of likely N-dealkylation sites (N-methyl/N-ethyl adjacent to an activating group) is 1. The molecule has 0 aliphatic rings. The van der Waals surface area contributed by atoms with Crippen LogP contribution in [-0.2, 0) is 18.4 Å². The highest BCUT2D eigenvalue weighted by molar-refractivity contribution is 7.47. The number of nitrogens with zero attached hydrogens (tertiary/aromatic N) is 1. The zero-order valence-corrected chi connectivity index (χ0v) is 47.0. The molecule has 3 atom stereocenters. The molecular formula is C59H118N2O6P+. The van der Waals surface area contributed by atoms with Gasteiger partial charge in [-0.2, -0.15) is 0 Å². The van der Waals surface area contributed by atoms with E-state index in [1.807, 2.05) is 27.2 Å². The smallest absolute Gasteiger partial charge is 0.387 e. The van der Waals surface area contributed by atoms with Crippen LogP contribution in [0.4, 0.5) is 0 Å². The van der Waals surface area contributed by atoms with E-state index in [-0.39, 0.29) is 19.1 Å². The number of amides is 1. The average Bonchev–Trinajstić information content (AvgIpc) is 3.30. The third kappa shape index (κ3) is 52.8. The van der Waals surface area contributed by atoms with E-state index in [4.69, 9.17) is 9.05 Å². The zero-order valence-electron chi connectivity index (χ0n) is 46.1. The summed E-state index contributed by atoms with van der Waals surface area (Å²) in [5.41, 5.74) is 0. The molecule has 0 aliphatic heterocycles. The second-order valence-corrected chi connectivity index (χ2v) is 23.2. The summed E-state index contributed by atoms with van der Waals surface area (Å²) in [6.45, 7) is 4.83. The maximum absolute atomic E-state index is 13.0. The van der Waals surface area contributed by atoms with Crippen LogP contribution in [0.5, 0.6) is 0 Å². The number of quaternary nitrogens is 1. The van der Waals surface area contributed by atoms with Crippen LogP contribution in [0.2, 0.25) is 0 Å². The molecule has 8 nitrogen and oxygen atoms in total. The van der Waals surface area contributed by atoms with Crippen molar-refractivity contribution in [3.05, 3.63) is 24.3 Å². The summed E-state index contributed by atoms with van der Waals surface area (Å²) in [4.78, 5) is 23.3. The minimum Gasteiger partial charge on any atom is -0.387 e. The molecule has 0 spiro atoms. The first-order valence-electron chi connectivity index (χ1n) is 29.7. The van der Waals surface area contributed by atoms with Gasteiger partial charge in [0, 0.05) is 6.42 Å². The van der Waals surface area contributed by atoms with Gasteiger partial charge in [0.15, 0.2) is 0 Å². The SMILES string of the molecule is CCCCCCCCCCCC/C=C/CC/C=C/C(O)C(COP(=O)(O)OCC[N+](C)(C)C)NC(=O)CCCCCCCCCCCCCCCCCCCCCCCCCCCCCCCC. The summed E-state index contributed by atoms with van der Waals surface area (Å²) in [7, 11) is 1.57. The highest BCUT2D eigenvalue weighted by atomic mass is 31.2. The Balaban J connectivity index is 4.07. The Morgan fingerprint density at radius 1 is 0.485 bits per heavy atom. The van der Waals surface area contributed by atoms with E-state index in [1.165, 1.54) is 238 Å². The van der Waals surface area contributed by atoms with Gasteiger partial charge in [0.05, 0.1) is 39.9 Å². The molecule has 0 aromatic rings. The predicted molar refractivity (Wildman–Crippen MR) is 295 cm³/mol. The number of unbranched alkanes of at least 4 members (excludes halogenated alkanes) is 40. The quantitative estimate of drug-likeness (QED) is 0.0243. The third-order valence-electron chi connectivity index (χ3n) is 13.7. The molecule has 0 fully saturated rings. The average molecular weight is 983 g/mol. The van der Waals surface area contributed by atoms with Crippen LogP contribution < -0.4 is 5.32 Å². The highest BCUT2D eigenvalue weighted by Gasteiger charge is 2.27. The van der Waals surface area contributed by atoms with E-state index in [0.717, 1.165) is 38.5 Å². The Bertz CT molecular complexity index is 1160. The summed E-state index contributed by atoms with van der Waals surface area (Å²) in [6, 6.07) is -0.860. The molecular weight excluding hydrogens is 864 g/mol. The summed E-state index contributed by atoms with van der Waals surface area (Å²) in [5.74, 6) is -0.181. The van der Waals surface area contributed by atoms with Gasteiger partial charge in [-0.1, -0.05) is 282 Å². The van der Waals surface area contributed by atoms with Crippen molar-refractivity contribution in [2.24, 2.45) is 0 Å². The lowest BCUT2D eigenvalue weighted by Gasteiger charge is -2.25. The summed E-state index contributed by atoms with van der Waals surface area (Å²) >= 11 is 0. The molecule has 0 saturated heterocycles. The fraction of sp³-hybridized carbons (Fsp3) is 0.915. The molecule has 0 heterocycles. The largest absolute Gasteiger partial charge is 0.472 e. The van der Waals surface area contributed by atoms with Gasteiger partial charge in [-0.3, -0.25) is 13.8 Å². The van der Waals surface area contributed by atoms with E-state index in [0.29, 0.717) is 17.4 Å². The first kappa shape index (κ1) is 67.0. The summed E-state index contributed by atoms with van der Waals surface area (Å²) < 4.78 is 23.7. The molecule has 0 saturated carbocycles. The Hall–Kier alpha value is -1.02. The van der Waals surface area contributed by atoms with E-state index in [9.17, 15) is 19.4 Å². The van der Waals surface area contributed by atoms with Gasteiger partial charge >= 0.3 is 7.82 Å². The first-order chi connectivity index (χ1) is 33.0. The van der Waals surface area contributed by atoms with Crippen LogP contribution in [0.3, 0.4) is 0 Å². The molecule has 0 radical (unpaired) electrons. The van der Waals surface area contributed by atoms with Gasteiger partial charge < -0.3 is 19.8 Å². The molecule has 68 heavy (non-hydrogen) atoms. The number of hydrogen-bond donors (Lipinski definition) is 3. The number of phosphoric ester groups is 1. The van der Waals surface area contributed by atoms with E-state index in [1.54, 1.807) is 6.08 Å². The van der Waals surface area contributed by atoms with Crippen molar-refractivity contribution in [1.82, 2.24) is 5.32 Å². The second-order valence-electron chi connectivity index (χ2n) is 21.7. The fourth-order valence-electron chi connectivity index (χ4n) is 9.00. The van der Waals surface area contributed by atoms with Crippen LogP contribution in [0.15, 0.2) is 24.3 Å². The number of phosphoric acid groups is 1. The van der Waals surface area contributed by atoms with Crippen LogP contribution in [0.1, 0.15) is 296 Å². The van der Waals surface area contributed by atoms with E-state index >= 15 is 0 Å². The van der Waals surface area contributed by atoms with Gasteiger partial charge in [-0.15, -0.1) is 0 Å². The van der Waals surface area contributed by atoms with E-state index in [2.05, 4.69) is 31.3 Å². The van der Waals surface area contributed by atoms with Gasteiger partial charge in [-0.05, 0) is 32.1 Å². The molecule has 3 N–H and O–H groups in total. The molecule has 0 bridgehead atoms. The molecule has 3 unspecified atom stereocenters. The molecule has 404 valence electrons. The minimum atomic E-state index is -4.35. The normalized spacial score (nSPS) is 14.0. The topological polar surface area (TPSA) is 105 Å². The number of aliphatic hydroxyl groups is 1. The van der Waals surface area contributed by atoms with Gasteiger partial charge in [0.25, 0.3) is 0 Å². The van der Waals surface area contributed by atoms with E-state index < -0.39 is 20.0 Å². The lowest BCUT2D eigenvalue weighted by molar-refractivity contribution is -0.870. The van der Waals surface area contributed by atoms with Crippen molar-refractivity contribution in [3.8, 4) is 0 Å². The van der Waals surface area contributed by atoms with Gasteiger partial charge in [0.1, 0.15) is 13.2 Å². The highest BCUT2D eigenvalue weighted by Crippen LogP contribution is 2.43. The van der Waals surface area contributed by atoms with Crippen LogP contribution in [0, 0.1) is 0 Å². The molecule has 0 rings (SSSR count). The fourth-order valence-corrected chi connectivity index (χ4v) is 9.74. The summed E-state index contributed by atoms with van der Waals surface area (Å²) in [6.07, 6.45) is 64.4.